The van der Waals surface area contributed by atoms with Crippen LogP contribution in [0.15, 0.2) is 24.3 Å². The van der Waals surface area contributed by atoms with E-state index in [1.165, 1.54) is 12.8 Å². The van der Waals surface area contributed by atoms with Gasteiger partial charge in [-0.25, -0.2) is 0 Å². The minimum atomic E-state index is 0.789. The highest BCUT2D eigenvalue weighted by molar-refractivity contribution is 5.39. The van der Waals surface area contributed by atoms with E-state index in [9.17, 15) is 0 Å². The predicted octanol–water partition coefficient (Wildman–Crippen LogP) is 2.32. The second-order valence-corrected chi connectivity index (χ2v) is 4.57. The molecule has 3 unspecified atom stereocenters. The third-order valence-electron chi connectivity index (χ3n) is 3.92. The van der Waals surface area contributed by atoms with Gasteiger partial charge in [0.05, 0.1) is 0 Å². The van der Waals surface area contributed by atoms with Gasteiger partial charge in [0, 0.05) is 6.04 Å². The van der Waals surface area contributed by atoms with E-state index in [-0.39, 0.29) is 0 Å². The predicted molar refractivity (Wildman–Crippen MR) is 58.5 cm³/mol. The lowest BCUT2D eigenvalue weighted by Crippen LogP contribution is -2.47. The number of hydrogen-bond donors (Lipinski definition) is 1. The maximum absolute atomic E-state index is 3.59. The van der Waals surface area contributed by atoms with Gasteiger partial charge in [0.15, 0.2) is 0 Å². The molecule has 3 rings (SSSR count). The van der Waals surface area contributed by atoms with E-state index in [2.05, 4.69) is 36.5 Å². The summed E-state index contributed by atoms with van der Waals surface area (Å²) < 4.78 is 0. The fourth-order valence-corrected chi connectivity index (χ4v) is 3.18. The Hall–Kier alpha value is -0.820. The van der Waals surface area contributed by atoms with Gasteiger partial charge in [0.25, 0.3) is 0 Å². The summed E-state index contributed by atoms with van der Waals surface area (Å²) in [5, 5.41) is 3.59. The van der Waals surface area contributed by atoms with Crippen LogP contribution in [-0.4, -0.2) is 12.6 Å². The molecule has 0 spiro atoms. The van der Waals surface area contributed by atoms with E-state index in [4.69, 9.17) is 0 Å². The standard InChI is InChI=1S/C13H17N/c1-2-14-13-8-11-10-6-4-3-5-9(10)7-12(11)13/h3-6,11-14H,2,7-8H2,1H3. The van der Waals surface area contributed by atoms with Crippen molar-refractivity contribution in [2.45, 2.75) is 31.7 Å². The smallest absolute Gasteiger partial charge is 0.0110 e. The molecule has 1 heteroatoms. The number of nitrogens with one attached hydrogen (secondary N) is 1. The summed E-state index contributed by atoms with van der Waals surface area (Å²) in [5.74, 6) is 1.77. The van der Waals surface area contributed by atoms with Crippen LogP contribution in [0, 0.1) is 5.92 Å². The van der Waals surface area contributed by atoms with Crippen molar-refractivity contribution in [3.63, 3.8) is 0 Å². The Kier molecular flexibility index (Phi) is 1.88. The lowest BCUT2D eigenvalue weighted by atomic mass is 9.70. The Morgan fingerprint density at radius 1 is 1.36 bits per heavy atom. The first-order chi connectivity index (χ1) is 6.90. The first-order valence-electron chi connectivity index (χ1n) is 5.71. The largest absolute Gasteiger partial charge is 0.314 e. The molecule has 1 saturated carbocycles. The Labute approximate surface area is 85.5 Å². The lowest BCUT2D eigenvalue weighted by molar-refractivity contribution is 0.186. The molecule has 2 aliphatic carbocycles. The number of benzene rings is 1. The Morgan fingerprint density at radius 3 is 3.07 bits per heavy atom. The normalized spacial score (nSPS) is 33.4. The van der Waals surface area contributed by atoms with Gasteiger partial charge in [0.1, 0.15) is 0 Å². The van der Waals surface area contributed by atoms with Gasteiger partial charge in [-0.05, 0) is 42.3 Å². The van der Waals surface area contributed by atoms with E-state index in [0.717, 1.165) is 24.4 Å². The van der Waals surface area contributed by atoms with Crippen LogP contribution in [0.1, 0.15) is 30.4 Å². The topological polar surface area (TPSA) is 12.0 Å². The van der Waals surface area contributed by atoms with Gasteiger partial charge in [-0.1, -0.05) is 31.2 Å². The summed E-state index contributed by atoms with van der Waals surface area (Å²) in [7, 11) is 0. The van der Waals surface area contributed by atoms with Crippen LogP contribution in [0.3, 0.4) is 0 Å². The highest BCUT2D eigenvalue weighted by Gasteiger charge is 2.45. The van der Waals surface area contributed by atoms with Gasteiger partial charge in [-0.3, -0.25) is 0 Å². The van der Waals surface area contributed by atoms with Crippen molar-refractivity contribution in [2.24, 2.45) is 5.92 Å². The quantitative estimate of drug-likeness (QED) is 0.749. The molecule has 0 aromatic heterocycles. The molecule has 1 aromatic rings. The molecular weight excluding hydrogens is 170 g/mol. The Bertz CT molecular complexity index is 345. The fourth-order valence-electron chi connectivity index (χ4n) is 3.18. The fraction of sp³-hybridized carbons (Fsp3) is 0.538. The summed E-state index contributed by atoms with van der Waals surface area (Å²) in [6.07, 6.45) is 2.66. The molecule has 1 nitrogen and oxygen atoms in total. The number of rotatable bonds is 2. The minimum Gasteiger partial charge on any atom is -0.314 e. The highest BCUT2D eigenvalue weighted by atomic mass is 14.9. The van der Waals surface area contributed by atoms with Crippen LogP contribution in [0.2, 0.25) is 0 Å². The molecule has 0 bridgehead atoms. The maximum atomic E-state index is 3.59. The van der Waals surface area contributed by atoms with Crippen LogP contribution in [-0.2, 0) is 6.42 Å². The third kappa shape index (κ3) is 1.05. The van der Waals surface area contributed by atoms with E-state index < -0.39 is 0 Å². The molecular formula is C13H17N. The molecule has 1 aromatic carbocycles. The molecule has 0 aliphatic heterocycles. The summed E-state index contributed by atoms with van der Waals surface area (Å²) in [5.41, 5.74) is 3.23. The first-order valence-corrected chi connectivity index (χ1v) is 5.71. The summed E-state index contributed by atoms with van der Waals surface area (Å²) in [6, 6.07) is 9.77. The number of hydrogen-bond acceptors (Lipinski definition) is 1. The average molecular weight is 187 g/mol. The van der Waals surface area contributed by atoms with Crippen molar-refractivity contribution < 1.29 is 0 Å². The maximum Gasteiger partial charge on any atom is 0.0110 e. The van der Waals surface area contributed by atoms with Crippen molar-refractivity contribution in [3.8, 4) is 0 Å². The Balaban J connectivity index is 1.82. The van der Waals surface area contributed by atoms with Crippen LogP contribution in [0.25, 0.3) is 0 Å². The van der Waals surface area contributed by atoms with E-state index in [1.807, 2.05) is 0 Å². The summed E-state index contributed by atoms with van der Waals surface area (Å²) in [4.78, 5) is 0. The molecule has 74 valence electrons. The van der Waals surface area contributed by atoms with Gasteiger partial charge in [-0.2, -0.15) is 0 Å². The molecule has 3 atom stereocenters. The van der Waals surface area contributed by atoms with Crippen LogP contribution >= 0.6 is 0 Å². The van der Waals surface area contributed by atoms with Crippen molar-refractivity contribution in [1.29, 1.82) is 0 Å². The van der Waals surface area contributed by atoms with E-state index in [0.29, 0.717) is 0 Å². The molecule has 14 heavy (non-hydrogen) atoms. The molecule has 1 fully saturated rings. The first kappa shape index (κ1) is 8.49. The zero-order chi connectivity index (χ0) is 9.54. The summed E-state index contributed by atoms with van der Waals surface area (Å²) in [6.45, 7) is 3.32. The lowest BCUT2D eigenvalue weighted by Gasteiger charge is -2.41. The van der Waals surface area contributed by atoms with E-state index in [1.54, 1.807) is 11.1 Å². The molecule has 0 saturated heterocycles. The Morgan fingerprint density at radius 2 is 2.21 bits per heavy atom. The SMILES string of the molecule is CCNC1CC2c3ccccc3CC12. The molecule has 1 N–H and O–H groups in total. The van der Waals surface area contributed by atoms with Crippen LogP contribution in [0.4, 0.5) is 0 Å². The molecule has 0 amide bonds. The second-order valence-electron chi connectivity index (χ2n) is 4.57. The van der Waals surface area contributed by atoms with Gasteiger partial charge in [-0.15, -0.1) is 0 Å². The van der Waals surface area contributed by atoms with Crippen LogP contribution in [0.5, 0.6) is 0 Å². The van der Waals surface area contributed by atoms with Gasteiger partial charge >= 0.3 is 0 Å². The minimum absolute atomic E-state index is 0.789. The second kappa shape index (κ2) is 3.09. The summed E-state index contributed by atoms with van der Waals surface area (Å²) >= 11 is 0. The monoisotopic (exact) mass is 187 g/mol. The molecule has 0 heterocycles. The number of fused-ring (bicyclic) bond motifs is 3. The molecule has 2 aliphatic rings. The van der Waals surface area contributed by atoms with Crippen LogP contribution < -0.4 is 5.32 Å². The third-order valence-corrected chi connectivity index (χ3v) is 3.92. The van der Waals surface area contributed by atoms with E-state index >= 15 is 0 Å². The average Bonchev–Trinajstić information content (AvgIpc) is 2.49. The van der Waals surface area contributed by atoms with Crippen molar-refractivity contribution in [1.82, 2.24) is 5.32 Å². The van der Waals surface area contributed by atoms with Gasteiger partial charge in [0.2, 0.25) is 0 Å². The zero-order valence-electron chi connectivity index (χ0n) is 8.66. The zero-order valence-corrected chi connectivity index (χ0v) is 8.66. The highest BCUT2D eigenvalue weighted by Crippen LogP contribution is 2.50. The van der Waals surface area contributed by atoms with Gasteiger partial charge < -0.3 is 5.32 Å². The van der Waals surface area contributed by atoms with Crippen molar-refractivity contribution >= 4 is 0 Å². The van der Waals surface area contributed by atoms with Crippen molar-refractivity contribution in [2.75, 3.05) is 6.54 Å². The molecule has 0 radical (unpaired) electrons. The van der Waals surface area contributed by atoms with Crippen molar-refractivity contribution in [3.05, 3.63) is 35.4 Å².